The Labute approximate surface area is 105 Å². The van der Waals surface area contributed by atoms with Crippen LogP contribution in [0.5, 0.6) is 0 Å². The third kappa shape index (κ3) is 5.37. The highest BCUT2D eigenvalue weighted by Crippen LogP contribution is 2.13. The number of likely N-dealkylation sites (tertiary alicyclic amines) is 1. The van der Waals surface area contributed by atoms with E-state index in [1.54, 1.807) is 19.0 Å². The van der Waals surface area contributed by atoms with Gasteiger partial charge in [-0.15, -0.1) is 0 Å². The smallest absolute Gasteiger partial charge is 0.316 e. The molecule has 1 fully saturated rings. The number of hydrogen-bond acceptors (Lipinski definition) is 3. The van der Waals surface area contributed by atoms with Gasteiger partial charge in [-0.3, -0.25) is 0 Å². The van der Waals surface area contributed by atoms with Gasteiger partial charge < -0.3 is 20.4 Å². The van der Waals surface area contributed by atoms with Crippen LogP contribution < -0.4 is 10.6 Å². The molecular formula is C12H26N4O. The zero-order valence-corrected chi connectivity index (χ0v) is 11.3. The van der Waals surface area contributed by atoms with Gasteiger partial charge in [-0.05, 0) is 26.4 Å². The van der Waals surface area contributed by atoms with E-state index in [4.69, 9.17) is 0 Å². The molecule has 1 saturated heterocycles. The molecule has 1 aliphatic rings. The molecule has 2 N–H and O–H groups in total. The summed E-state index contributed by atoms with van der Waals surface area (Å²) in [5.41, 5.74) is 0. The topological polar surface area (TPSA) is 47.6 Å². The SMILES string of the molecule is CN(C)C(=O)NCCNCC1CCCCN1C. The number of urea groups is 1. The minimum atomic E-state index is -0.0263. The lowest BCUT2D eigenvalue weighted by molar-refractivity contribution is 0.181. The van der Waals surface area contributed by atoms with Crippen molar-refractivity contribution in [3.63, 3.8) is 0 Å². The van der Waals surface area contributed by atoms with Crippen molar-refractivity contribution in [2.45, 2.75) is 25.3 Å². The van der Waals surface area contributed by atoms with Crippen molar-refractivity contribution in [1.82, 2.24) is 20.4 Å². The van der Waals surface area contributed by atoms with E-state index in [1.165, 1.54) is 25.8 Å². The molecule has 0 aromatic rings. The Morgan fingerprint density at radius 3 is 2.76 bits per heavy atom. The highest BCUT2D eigenvalue weighted by molar-refractivity contribution is 5.73. The number of carbonyl (C=O) groups is 1. The van der Waals surface area contributed by atoms with Crippen LogP contribution in [0.1, 0.15) is 19.3 Å². The minimum absolute atomic E-state index is 0.0263. The Hall–Kier alpha value is -0.810. The van der Waals surface area contributed by atoms with Crippen molar-refractivity contribution in [2.24, 2.45) is 0 Å². The summed E-state index contributed by atoms with van der Waals surface area (Å²) in [7, 11) is 5.69. The van der Waals surface area contributed by atoms with Crippen LogP contribution in [0.2, 0.25) is 0 Å². The quantitative estimate of drug-likeness (QED) is 0.683. The van der Waals surface area contributed by atoms with E-state index >= 15 is 0 Å². The summed E-state index contributed by atoms with van der Waals surface area (Å²) in [4.78, 5) is 15.2. The Morgan fingerprint density at radius 2 is 2.12 bits per heavy atom. The van der Waals surface area contributed by atoms with E-state index in [9.17, 15) is 4.79 Å². The first-order valence-corrected chi connectivity index (χ1v) is 6.47. The Kier molecular flexibility index (Phi) is 6.29. The van der Waals surface area contributed by atoms with Crippen LogP contribution >= 0.6 is 0 Å². The van der Waals surface area contributed by atoms with Gasteiger partial charge in [-0.25, -0.2) is 4.79 Å². The molecule has 17 heavy (non-hydrogen) atoms. The fourth-order valence-electron chi connectivity index (χ4n) is 2.09. The molecule has 5 nitrogen and oxygen atoms in total. The average Bonchev–Trinajstić information content (AvgIpc) is 2.30. The van der Waals surface area contributed by atoms with Crippen molar-refractivity contribution in [2.75, 3.05) is 47.3 Å². The number of carbonyl (C=O) groups excluding carboxylic acids is 1. The molecule has 1 heterocycles. The first-order valence-electron chi connectivity index (χ1n) is 6.47. The van der Waals surface area contributed by atoms with Gasteiger partial charge in [0, 0.05) is 39.8 Å². The van der Waals surface area contributed by atoms with Crippen molar-refractivity contribution in [3.8, 4) is 0 Å². The van der Waals surface area contributed by atoms with Crippen molar-refractivity contribution < 1.29 is 4.79 Å². The van der Waals surface area contributed by atoms with Gasteiger partial charge in [0.15, 0.2) is 0 Å². The maximum absolute atomic E-state index is 11.2. The van der Waals surface area contributed by atoms with Gasteiger partial charge in [0.25, 0.3) is 0 Å². The summed E-state index contributed by atoms with van der Waals surface area (Å²) in [5, 5.41) is 6.25. The molecule has 1 rings (SSSR count). The normalized spacial score (nSPS) is 21.2. The second kappa shape index (κ2) is 7.50. The predicted molar refractivity (Wildman–Crippen MR) is 70.2 cm³/mol. The lowest BCUT2D eigenvalue weighted by Gasteiger charge is -2.32. The van der Waals surface area contributed by atoms with E-state index in [0.29, 0.717) is 12.6 Å². The van der Waals surface area contributed by atoms with Crippen LogP contribution in [0, 0.1) is 0 Å². The molecule has 0 bridgehead atoms. The van der Waals surface area contributed by atoms with Gasteiger partial charge in [-0.1, -0.05) is 6.42 Å². The van der Waals surface area contributed by atoms with Crippen molar-refractivity contribution >= 4 is 6.03 Å². The first-order chi connectivity index (χ1) is 8.11. The van der Waals surface area contributed by atoms with E-state index in [0.717, 1.165) is 13.1 Å². The lowest BCUT2D eigenvalue weighted by Crippen LogP contribution is -2.45. The molecule has 0 aromatic carbocycles. The monoisotopic (exact) mass is 242 g/mol. The molecule has 1 atom stereocenters. The zero-order chi connectivity index (χ0) is 12.7. The second-order valence-electron chi connectivity index (χ2n) is 4.96. The average molecular weight is 242 g/mol. The molecular weight excluding hydrogens is 216 g/mol. The van der Waals surface area contributed by atoms with Crippen LogP contribution in [-0.2, 0) is 0 Å². The van der Waals surface area contributed by atoms with E-state index < -0.39 is 0 Å². The molecule has 2 amide bonds. The van der Waals surface area contributed by atoms with Crippen molar-refractivity contribution in [3.05, 3.63) is 0 Å². The lowest BCUT2D eigenvalue weighted by atomic mass is 10.0. The molecule has 0 saturated carbocycles. The molecule has 0 radical (unpaired) electrons. The molecule has 0 spiro atoms. The number of rotatable bonds is 5. The molecule has 0 aromatic heterocycles. The number of hydrogen-bond donors (Lipinski definition) is 2. The number of amides is 2. The maximum Gasteiger partial charge on any atom is 0.316 e. The third-order valence-electron chi connectivity index (χ3n) is 3.29. The van der Waals surface area contributed by atoms with E-state index in [1.807, 2.05) is 0 Å². The number of piperidine rings is 1. The Morgan fingerprint density at radius 1 is 1.35 bits per heavy atom. The summed E-state index contributed by atoms with van der Waals surface area (Å²) in [5.74, 6) is 0. The van der Waals surface area contributed by atoms with Crippen molar-refractivity contribution in [1.29, 1.82) is 0 Å². The number of nitrogens with zero attached hydrogens (tertiary/aromatic N) is 2. The summed E-state index contributed by atoms with van der Waals surface area (Å²) >= 11 is 0. The Balaban J connectivity index is 2.02. The third-order valence-corrected chi connectivity index (χ3v) is 3.29. The van der Waals surface area contributed by atoms with Gasteiger partial charge in [-0.2, -0.15) is 0 Å². The predicted octanol–water partition coefficient (Wildman–Crippen LogP) is 0.332. The zero-order valence-electron chi connectivity index (χ0n) is 11.3. The molecule has 1 aliphatic heterocycles. The van der Waals surface area contributed by atoms with Gasteiger partial charge in [0.2, 0.25) is 0 Å². The molecule has 1 unspecified atom stereocenters. The van der Waals surface area contributed by atoms with Crippen LogP contribution in [-0.4, -0.2) is 69.2 Å². The van der Waals surface area contributed by atoms with Crippen LogP contribution in [0.3, 0.4) is 0 Å². The Bertz CT molecular complexity index is 233. The van der Waals surface area contributed by atoms with Gasteiger partial charge in [0.05, 0.1) is 0 Å². The first kappa shape index (κ1) is 14.3. The fourth-order valence-corrected chi connectivity index (χ4v) is 2.09. The second-order valence-corrected chi connectivity index (χ2v) is 4.96. The van der Waals surface area contributed by atoms with Crippen LogP contribution in [0.15, 0.2) is 0 Å². The highest BCUT2D eigenvalue weighted by Gasteiger charge is 2.17. The highest BCUT2D eigenvalue weighted by atomic mass is 16.2. The van der Waals surface area contributed by atoms with Gasteiger partial charge >= 0.3 is 6.03 Å². The largest absolute Gasteiger partial charge is 0.337 e. The van der Waals surface area contributed by atoms with E-state index in [2.05, 4.69) is 22.6 Å². The summed E-state index contributed by atoms with van der Waals surface area (Å²) in [6, 6.07) is 0.634. The maximum atomic E-state index is 11.2. The van der Waals surface area contributed by atoms with Crippen LogP contribution in [0.25, 0.3) is 0 Å². The minimum Gasteiger partial charge on any atom is -0.337 e. The molecule has 0 aliphatic carbocycles. The molecule has 5 heteroatoms. The fraction of sp³-hybridized carbons (Fsp3) is 0.917. The number of likely N-dealkylation sites (N-methyl/N-ethyl adjacent to an activating group) is 1. The summed E-state index contributed by atoms with van der Waals surface area (Å²) in [6.45, 7) is 3.76. The van der Waals surface area contributed by atoms with Crippen LogP contribution in [0.4, 0.5) is 4.79 Å². The summed E-state index contributed by atoms with van der Waals surface area (Å²) in [6.07, 6.45) is 3.95. The summed E-state index contributed by atoms with van der Waals surface area (Å²) < 4.78 is 0. The number of nitrogens with one attached hydrogen (secondary N) is 2. The standard InChI is InChI=1S/C12H26N4O/c1-15(2)12(17)14-8-7-13-10-11-6-4-5-9-16(11)3/h11,13H,4-10H2,1-3H3,(H,14,17). The van der Waals surface area contributed by atoms with Gasteiger partial charge in [0.1, 0.15) is 0 Å². The molecule has 100 valence electrons. The van der Waals surface area contributed by atoms with E-state index in [-0.39, 0.29) is 6.03 Å².